The Balaban J connectivity index is 1.75. The first-order valence-electron chi connectivity index (χ1n) is 11.4. The summed E-state index contributed by atoms with van der Waals surface area (Å²) in [6.07, 6.45) is -1.89. The molecular formula is C23H35F3N4O2. The monoisotopic (exact) mass is 456 g/mol. The summed E-state index contributed by atoms with van der Waals surface area (Å²) in [6, 6.07) is 3.22. The average molecular weight is 457 g/mol. The minimum Gasteiger partial charge on any atom is -0.397 e. The average Bonchev–Trinajstić information content (AvgIpc) is 2.72. The van der Waals surface area contributed by atoms with Crippen LogP contribution in [0.2, 0.25) is 0 Å². The molecule has 5 N–H and O–H groups in total. The molecule has 9 heteroatoms. The van der Waals surface area contributed by atoms with Crippen molar-refractivity contribution >= 4 is 23.0 Å². The fourth-order valence-electron chi connectivity index (χ4n) is 4.92. The molecule has 0 unspecified atom stereocenters. The van der Waals surface area contributed by atoms with Gasteiger partial charge in [0, 0.05) is 26.2 Å². The van der Waals surface area contributed by atoms with Crippen molar-refractivity contribution in [2.24, 2.45) is 11.8 Å². The Morgan fingerprint density at radius 1 is 1.06 bits per heavy atom. The third kappa shape index (κ3) is 5.60. The summed E-state index contributed by atoms with van der Waals surface area (Å²) in [6.45, 7) is 5.03. The van der Waals surface area contributed by atoms with E-state index < -0.39 is 17.7 Å². The molecule has 0 spiro atoms. The first-order valence-corrected chi connectivity index (χ1v) is 11.4. The number of benzene rings is 1. The molecule has 6 nitrogen and oxygen atoms in total. The van der Waals surface area contributed by atoms with Crippen LogP contribution >= 0.6 is 0 Å². The lowest BCUT2D eigenvalue weighted by Crippen LogP contribution is -2.43. The van der Waals surface area contributed by atoms with Gasteiger partial charge < -0.3 is 26.4 Å². The second-order valence-corrected chi connectivity index (χ2v) is 9.69. The Morgan fingerprint density at radius 3 is 2.16 bits per heavy atom. The van der Waals surface area contributed by atoms with Crippen LogP contribution in [0.15, 0.2) is 12.1 Å². The van der Waals surface area contributed by atoms with Crippen molar-refractivity contribution in [2.45, 2.75) is 70.2 Å². The van der Waals surface area contributed by atoms with E-state index in [0.29, 0.717) is 42.9 Å². The second kappa shape index (κ2) is 9.37. The van der Waals surface area contributed by atoms with E-state index in [1.165, 1.54) is 0 Å². The van der Waals surface area contributed by atoms with Crippen molar-refractivity contribution in [3.8, 4) is 0 Å². The predicted molar refractivity (Wildman–Crippen MR) is 121 cm³/mol. The van der Waals surface area contributed by atoms with Gasteiger partial charge in [-0.15, -0.1) is 0 Å². The van der Waals surface area contributed by atoms with Gasteiger partial charge in [-0.3, -0.25) is 4.79 Å². The van der Waals surface area contributed by atoms with Crippen LogP contribution in [0.4, 0.5) is 30.2 Å². The molecule has 1 aliphatic carbocycles. The van der Waals surface area contributed by atoms with Gasteiger partial charge in [-0.05, 0) is 70.4 Å². The minimum atomic E-state index is -4.17. The van der Waals surface area contributed by atoms with E-state index in [2.05, 4.69) is 15.5 Å². The fourth-order valence-corrected chi connectivity index (χ4v) is 4.92. The Hall–Kier alpha value is -2.16. The van der Waals surface area contributed by atoms with Crippen LogP contribution in [0.3, 0.4) is 0 Å². The van der Waals surface area contributed by atoms with E-state index in [1.807, 2.05) is 19.9 Å². The number of nitrogen functional groups attached to an aromatic ring is 1. The summed E-state index contributed by atoms with van der Waals surface area (Å²) in [7, 11) is 1.76. The van der Waals surface area contributed by atoms with Crippen LogP contribution < -0.4 is 21.3 Å². The molecular weight excluding hydrogens is 421 g/mol. The normalized spacial score (nSPS) is 23.2. The molecule has 3 rings (SSSR count). The van der Waals surface area contributed by atoms with Crippen LogP contribution in [0.5, 0.6) is 0 Å². The quantitative estimate of drug-likeness (QED) is 0.500. The number of nitrogens with zero attached hydrogens (tertiary/aromatic N) is 1. The Bertz CT molecular complexity index is 807. The number of nitrogens with two attached hydrogens (primary N) is 1. The highest BCUT2D eigenvalue weighted by Crippen LogP contribution is 2.38. The van der Waals surface area contributed by atoms with Gasteiger partial charge in [0.2, 0.25) is 0 Å². The molecule has 32 heavy (non-hydrogen) atoms. The van der Waals surface area contributed by atoms with Gasteiger partial charge in [0.05, 0.1) is 34.1 Å². The summed E-state index contributed by atoms with van der Waals surface area (Å²) >= 11 is 0. The van der Waals surface area contributed by atoms with Crippen LogP contribution in [0.1, 0.15) is 62.7 Å². The number of rotatable bonds is 5. The lowest BCUT2D eigenvalue weighted by atomic mass is 9.83. The van der Waals surface area contributed by atoms with E-state index >= 15 is 0 Å². The molecule has 1 aliphatic heterocycles. The van der Waals surface area contributed by atoms with Gasteiger partial charge in [0.1, 0.15) is 0 Å². The van der Waals surface area contributed by atoms with Gasteiger partial charge >= 0.3 is 6.18 Å². The summed E-state index contributed by atoms with van der Waals surface area (Å²) < 4.78 is 38.8. The third-order valence-corrected chi connectivity index (χ3v) is 7.04. The number of halogens is 3. The number of carbonyl (C=O) groups excluding carboxylic acids is 1. The first kappa shape index (κ1) is 24.5. The van der Waals surface area contributed by atoms with Gasteiger partial charge in [0.25, 0.3) is 5.91 Å². The largest absolute Gasteiger partial charge is 0.397 e. The molecule has 1 amide bonds. The Labute approximate surface area is 187 Å². The molecule has 1 aromatic carbocycles. The van der Waals surface area contributed by atoms with Gasteiger partial charge in [-0.1, -0.05) is 0 Å². The lowest BCUT2D eigenvalue weighted by Gasteiger charge is -2.39. The SMILES string of the molecule is CNc1cc(N2CCC(C(C)(C)O)CC2)c(C(=O)NC2CCC(C(F)(F)F)CC2)cc1N. The lowest BCUT2D eigenvalue weighted by molar-refractivity contribution is -0.182. The number of amides is 1. The number of hydrogen-bond donors (Lipinski definition) is 4. The van der Waals surface area contributed by atoms with E-state index in [1.54, 1.807) is 13.1 Å². The molecule has 180 valence electrons. The number of nitrogens with one attached hydrogen (secondary N) is 2. The maximum Gasteiger partial charge on any atom is 0.391 e. The second-order valence-electron chi connectivity index (χ2n) is 9.69. The number of anilines is 3. The first-order chi connectivity index (χ1) is 14.9. The van der Waals surface area contributed by atoms with Gasteiger partial charge in [-0.25, -0.2) is 0 Å². The Kier molecular flexibility index (Phi) is 7.17. The van der Waals surface area contributed by atoms with Gasteiger partial charge in [0.15, 0.2) is 0 Å². The van der Waals surface area contributed by atoms with Gasteiger partial charge in [-0.2, -0.15) is 13.2 Å². The highest BCUT2D eigenvalue weighted by molar-refractivity contribution is 6.02. The topological polar surface area (TPSA) is 90.6 Å². The van der Waals surface area contributed by atoms with E-state index in [4.69, 9.17) is 5.73 Å². The zero-order valence-corrected chi connectivity index (χ0v) is 19.1. The zero-order valence-electron chi connectivity index (χ0n) is 19.1. The van der Waals surface area contributed by atoms with Crippen molar-refractivity contribution in [2.75, 3.05) is 36.1 Å². The van der Waals surface area contributed by atoms with E-state index in [-0.39, 0.29) is 30.7 Å². The van der Waals surface area contributed by atoms with Crippen LogP contribution in [-0.2, 0) is 0 Å². The summed E-state index contributed by atoms with van der Waals surface area (Å²) in [5.41, 5.74) is 7.71. The molecule has 0 radical (unpaired) electrons. The van der Waals surface area contributed by atoms with Crippen molar-refractivity contribution in [3.63, 3.8) is 0 Å². The molecule has 0 bridgehead atoms. The molecule has 0 atom stereocenters. The maximum absolute atomic E-state index is 13.2. The van der Waals surface area contributed by atoms with Crippen molar-refractivity contribution < 1.29 is 23.1 Å². The Morgan fingerprint density at radius 2 is 1.66 bits per heavy atom. The molecule has 1 heterocycles. The molecule has 2 aliphatic rings. The molecule has 1 aromatic rings. The third-order valence-electron chi connectivity index (χ3n) is 7.04. The van der Waals surface area contributed by atoms with Crippen molar-refractivity contribution in [1.29, 1.82) is 0 Å². The number of alkyl halides is 3. The zero-order chi connectivity index (χ0) is 23.7. The summed E-state index contributed by atoms with van der Waals surface area (Å²) in [5, 5.41) is 16.3. The highest BCUT2D eigenvalue weighted by Gasteiger charge is 2.41. The number of piperidine rings is 1. The number of carbonyl (C=O) groups is 1. The van der Waals surface area contributed by atoms with E-state index in [0.717, 1.165) is 18.5 Å². The minimum absolute atomic E-state index is 0.0343. The smallest absolute Gasteiger partial charge is 0.391 e. The molecule has 1 saturated heterocycles. The molecule has 1 saturated carbocycles. The number of aliphatic hydroxyl groups is 1. The highest BCUT2D eigenvalue weighted by atomic mass is 19.4. The van der Waals surface area contributed by atoms with E-state index in [9.17, 15) is 23.1 Å². The standard InChI is InChI=1S/C23H35F3N4O2/c1-22(2,32)14-8-10-30(11-9-14)20-13-19(28-3)18(27)12-17(20)21(31)29-16-6-4-15(5-7-16)23(24,25)26/h12-16,28,32H,4-11,27H2,1-3H3,(H,29,31). The number of hydrogen-bond acceptors (Lipinski definition) is 5. The van der Waals surface area contributed by atoms with Crippen LogP contribution in [0, 0.1) is 11.8 Å². The fraction of sp³-hybridized carbons (Fsp3) is 0.696. The van der Waals surface area contributed by atoms with Crippen LogP contribution in [0.25, 0.3) is 0 Å². The molecule has 2 fully saturated rings. The predicted octanol–water partition coefficient (Wildman–Crippen LogP) is 4.15. The maximum atomic E-state index is 13.2. The van der Waals surface area contributed by atoms with Crippen LogP contribution in [-0.4, -0.2) is 49.0 Å². The summed E-state index contributed by atoms with van der Waals surface area (Å²) in [4.78, 5) is 15.3. The summed E-state index contributed by atoms with van der Waals surface area (Å²) in [5.74, 6) is -1.42. The van der Waals surface area contributed by atoms with Crippen molar-refractivity contribution in [3.05, 3.63) is 17.7 Å². The molecule has 0 aromatic heterocycles. The van der Waals surface area contributed by atoms with Crippen molar-refractivity contribution in [1.82, 2.24) is 5.32 Å².